The summed E-state index contributed by atoms with van der Waals surface area (Å²) < 4.78 is 1.88. The maximum absolute atomic E-state index is 12.8. The Kier molecular flexibility index (Phi) is 4.19. The van der Waals surface area contributed by atoms with E-state index in [9.17, 15) is 9.59 Å². The lowest BCUT2D eigenvalue weighted by Crippen LogP contribution is -2.50. The first kappa shape index (κ1) is 14.4. The molecule has 0 saturated carbocycles. The molecule has 2 atom stereocenters. The summed E-state index contributed by atoms with van der Waals surface area (Å²) in [6, 6.07) is 1.80. The summed E-state index contributed by atoms with van der Waals surface area (Å²) in [5.41, 5.74) is 0. The lowest BCUT2D eigenvalue weighted by Gasteiger charge is -2.30. The smallest absolute Gasteiger partial charge is 0.246 e. The predicted octanol–water partition coefficient (Wildman–Crippen LogP) is 0.795. The second-order valence-electron chi connectivity index (χ2n) is 5.56. The zero-order chi connectivity index (χ0) is 14.8. The highest BCUT2D eigenvalue weighted by Crippen LogP contribution is 2.26. The maximum atomic E-state index is 12.8. The Bertz CT molecular complexity index is 519. The molecule has 2 unspecified atom stereocenters. The van der Waals surface area contributed by atoms with Gasteiger partial charge < -0.3 is 9.80 Å². The molecule has 114 valence electrons. The number of thioether (sulfide) groups is 1. The largest absolute Gasteiger partial charge is 0.336 e. The first-order valence-electron chi connectivity index (χ1n) is 7.29. The highest BCUT2D eigenvalue weighted by Gasteiger charge is 2.39. The standard InChI is InChI=1S/C14H20N4O2S/c1-11(19)18-10-21-9-13(18)14(20)17-7-2-4-12(17)8-16-6-3-5-15-16/h3,5-6,12-13H,2,4,7-10H2,1H3. The average Bonchev–Trinajstić information content (AvgIpc) is 3.20. The molecule has 6 nitrogen and oxygen atoms in total. The fourth-order valence-electron chi connectivity index (χ4n) is 3.09. The third kappa shape index (κ3) is 2.92. The predicted molar refractivity (Wildman–Crippen MR) is 80.6 cm³/mol. The van der Waals surface area contributed by atoms with Crippen LogP contribution in [0, 0.1) is 0 Å². The van der Waals surface area contributed by atoms with E-state index >= 15 is 0 Å². The van der Waals surface area contributed by atoms with E-state index < -0.39 is 0 Å². The minimum atomic E-state index is -0.286. The highest BCUT2D eigenvalue weighted by atomic mass is 32.2. The molecule has 3 heterocycles. The highest BCUT2D eigenvalue weighted by molar-refractivity contribution is 7.99. The number of likely N-dealkylation sites (tertiary alicyclic amines) is 1. The van der Waals surface area contributed by atoms with Gasteiger partial charge in [-0.25, -0.2) is 0 Å². The zero-order valence-electron chi connectivity index (χ0n) is 12.1. The van der Waals surface area contributed by atoms with E-state index in [0.717, 1.165) is 25.9 Å². The SMILES string of the molecule is CC(=O)N1CSCC1C(=O)N1CCCC1Cn1cccn1. The lowest BCUT2D eigenvalue weighted by molar-refractivity contribution is -0.143. The number of hydrogen-bond acceptors (Lipinski definition) is 4. The summed E-state index contributed by atoms with van der Waals surface area (Å²) in [4.78, 5) is 28.1. The van der Waals surface area contributed by atoms with Crippen LogP contribution < -0.4 is 0 Å². The Labute approximate surface area is 128 Å². The zero-order valence-corrected chi connectivity index (χ0v) is 13.0. The van der Waals surface area contributed by atoms with Gasteiger partial charge in [-0.3, -0.25) is 14.3 Å². The number of carbonyl (C=O) groups is 2. The van der Waals surface area contributed by atoms with Crippen LogP contribution in [0.2, 0.25) is 0 Å². The number of rotatable bonds is 3. The monoisotopic (exact) mass is 308 g/mol. The average molecular weight is 308 g/mol. The van der Waals surface area contributed by atoms with Crippen LogP contribution in [0.3, 0.4) is 0 Å². The molecule has 0 aliphatic carbocycles. The quantitative estimate of drug-likeness (QED) is 0.828. The van der Waals surface area contributed by atoms with Crippen molar-refractivity contribution in [3.63, 3.8) is 0 Å². The minimum absolute atomic E-state index is 0.0128. The van der Waals surface area contributed by atoms with Crippen LogP contribution in [-0.2, 0) is 16.1 Å². The van der Waals surface area contributed by atoms with E-state index in [1.807, 2.05) is 21.8 Å². The molecule has 0 bridgehead atoms. The Morgan fingerprint density at radius 1 is 1.38 bits per heavy atom. The van der Waals surface area contributed by atoms with Gasteiger partial charge in [0, 0.05) is 31.6 Å². The number of nitrogens with zero attached hydrogens (tertiary/aromatic N) is 4. The molecular formula is C14H20N4O2S. The van der Waals surface area contributed by atoms with Gasteiger partial charge in [0.1, 0.15) is 6.04 Å². The molecule has 3 rings (SSSR count). The van der Waals surface area contributed by atoms with Gasteiger partial charge >= 0.3 is 0 Å². The topological polar surface area (TPSA) is 58.4 Å². The van der Waals surface area contributed by atoms with Gasteiger partial charge in [-0.2, -0.15) is 5.10 Å². The van der Waals surface area contributed by atoms with Crippen molar-refractivity contribution in [3.8, 4) is 0 Å². The van der Waals surface area contributed by atoms with Crippen molar-refractivity contribution in [2.45, 2.75) is 38.4 Å². The van der Waals surface area contributed by atoms with Crippen LogP contribution in [0.15, 0.2) is 18.5 Å². The summed E-state index contributed by atoms with van der Waals surface area (Å²) in [5.74, 6) is 1.43. The molecule has 0 spiro atoms. The van der Waals surface area contributed by atoms with Gasteiger partial charge in [0.2, 0.25) is 11.8 Å². The molecule has 0 aromatic carbocycles. The van der Waals surface area contributed by atoms with Crippen LogP contribution in [0.4, 0.5) is 0 Å². The second-order valence-corrected chi connectivity index (χ2v) is 6.56. The Balaban J connectivity index is 1.69. The fourth-order valence-corrected chi connectivity index (χ4v) is 4.30. The van der Waals surface area contributed by atoms with E-state index in [1.54, 1.807) is 22.9 Å². The molecule has 2 saturated heterocycles. The van der Waals surface area contributed by atoms with Gasteiger partial charge in [0.25, 0.3) is 0 Å². The van der Waals surface area contributed by atoms with Gasteiger partial charge in [-0.05, 0) is 18.9 Å². The maximum Gasteiger partial charge on any atom is 0.246 e. The molecule has 7 heteroatoms. The van der Waals surface area contributed by atoms with Crippen molar-refractivity contribution in [3.05, 3.63) is 18.5 Å². The van der Waals surface area contributed by atoms with E-state index in [4.69, 9.17) is 0 Å². The van der Waals surface area contributed by atoms with Crippen LogP contribution in [0.5, 0.6) is 0 Å². The van der Waals surface area contributed by atoms with Crippen molar-refractivity contribution in [2.75, 3.05) is 18.2 Å². The third-order valence-corrected chi connectivity index (χ3v) is 5.20. The van der Waals surface area contributed by atoms with Crippen LogP contribution in [-0.4, -0.2) is 61.7 Å². The van der Waals surface area contributed by atoms with Gasteiger partial charge in [0.15, 0.2) is 0 Å². The number of carbonyl (C=O) groups excluding carboxylic acids is 2. The Morgan fingerprint density at radius 2 is 2.24 bits per heavy atom. The normalized spacial score (nSPS) is 25.6. The lowest BCUT2D eigenvalue weighted by atomic mass is 10.2. The summed E-state index contributed by atoms with van der Waals surface area (Å²) in [6.45, 7) is 3.06. The molecule has 0 radical (unpaired) electrons. The van der Waals surface area contributed by atoms with E-state index in [2.05, 4.69) is 5.10 Å². The van der Waals surface area contributed by atoms with E-state index in [0.29, 0.717) is 11.6 Å². The van der Waals surface area contributed by atoms with Crippen molar-refractivity contribution in [1.82, 2.24) is 19.6 Å². The Morgan fingerprint density at radius 3 is 2.95 bits per heavy atom. The van der Waals surface area contributed by atoms with Crippen LogP contribution >= 0.6 is 11.8 Å². The van der Waals surface area contributed by atoms with E-state index in [-0.39, 0.29) is 23.9 Å². The van der Waals surface area contributed by atoms with Crippen LogP contribution in [0.1, 0.15) is 19.8 Å². The molecule has 0 N–H and O–H groups in total. The molecule has 2 amide bonds. The molecule has 2 fully saturated rings. The van der Waals surface area contributed by atoms with Gasteiger partial charge in [0.05, 0.1) is 18.5 Å². The first-order valence-corrected chi connectivity index (χ1v) is 8.45. The van der Waals surface area contributed by atoms with Crippen molar-refractivity contribution >= 4 is 23.6 Å². The molecule has 1 aromatic heterocycles. The van der Waals surface area contributed by atoms with Crippen LogP contribution in [0.25, 0.3) is 0 Å². The summed E-state index contributed by atoms with van der Waals surface area (Å²) in [6.07, 6.45) is 5.71. The molecule has 21 heavy (non-hydrogen) atoms. The third-order valence-electron chi connectivity index (χ3n) is 4.19. The number of aromatic nitrogens is 2. The summed E-state index contributed by atoms with van der Waals surface area (Å²) in [5, 5.41) is 4.22. The summed E-state index contributed by atoms with van der Waals surface area (Å²) in [7, 11) is 0. The van der Waals surface area contributed by atoms with Crippen molar-refractivity contribution in [2.24, 2.45) is 0 Å². The fraction of sp³-hybridized carbons (Fsp3) is 0.643. The Hall–Kier alpha value is -1.50. The van der Waals surface area contributed by atoms with E-state index in [1.165, 1.54) is 6.92 Å². The van der Waals surface area contributed by atoms with Crippen molar-refractivity contribution in [1.29, 1.82) is 0 Å². The molecule has 1 aromatic rings. The second kappa shape index (κ2) is 6.09. The minimum Gasteiger partial charge on any atom is -0.336 e. The molecule has 2 aliphatic rings. The first-order chi connectivity index (χ1) is 10.2. The molecular weight excluding hydrogens is 288 g/mol. The van der Waals surface area contributed by atoms with Crippen molar-refractivity contribution < 1.29 is 9.59 Å². The molecule has 2 aliphatic heterocycles. The number of hydrogen-bond donors (Lipinski definition) is 0. The van der Waals surface area contributed by atoms with Gasteiger partial charge in [-0.1, -0.05) is 0 Å². The number of amides is 2. The summed E-state index contributed by atoms with van der Waals surface area (Å²) >= 11 is 1.65. The van der Waals surface area contributed by atoms with Gasteiger partial charge in [-0.15, -0.1) is 11.8 Å².